The molecule has 4 atom stereocenters. The summed E-state index contributed by atoms with van der Waals surface area (Å²) in [4.78, 5) is 82.1. The van der Waals surface area contributed by atoms with Crippen LogP contribution in [0.1, 0.15) is 52.7 Å². The summed E-state index contributed by atoms with van der Waals surface area (Å²) in [6.45, 7) is 2.87. The first-order valence-electron chi connectivity index (χ1n) is 15.4. The van der Waals surface area contributed by atoms with Crippen LogP contribution in [-0.4, -0.2) is 104 Å². The molecule has 2 aromatic heterocycles. The summed E-state index contributed by atoms with van der Waals surface area (Å²) in [6.07, 6.45) is 3.74. The zero-order valence-electron chi connectivity index (χ0n) is 25.8. The van der Waals surface area contributed by atoms with Crippen molar-refractivity contribution in [3.8, 4) is 0 Å². The normalized spacial score (nSPS) is 23.7. The molecular weight excluding hydrogens is 691 g/mol. The van der Waals surface area contributed by atoms with Crippen molar-refractivity contribution >= 4 is 64.0 Å². The molecule has 4 amide bonds. The first kappa shape index (κ1) is 34.5. The molecule has 3 N–H and O–H groups in total. The summed E-state index contributed by atoms with van der Waals surface area (Å²) >= 11 is 2.44. The molecule has 0 saturated carbocycles. The number of ether oxygens (including phenoxy) is 1. The number of nitrogens with one attached hydrogen (secondary N) is 1. The van der Waals surface area contributed by atoms with Gasteiger partial charge >= 0.3 is 13.3 Å². The Morgan fingerprint density at radius 1 is 1.10 bits per heavy atom. The number of alkyl halides is 2. The number of hydrogen-bond donors (Lipinski definition) is 3. The molecule has 3 aliphatic heterocycles. The molecule has 0 bridgehead atoms. The van der Waals surface area contributed by atoms with Gasteiger partial charge in [-0.2, -0.15) is 8.78 Å². The minimum absolute atomic E-state index is 0.0675. The Hall–Kier alpha value is -3.34. The maximum atomic E-state index is 14.3. The van der Waals surface area contributed by atoms with Gasteiger partial charge in [0.2, 0.25) is 17.7 Å². The predicted octanol–water partition coefficient (Wildman–Crippen LogP) is 3.11. The minimum atomic E-state index is -5.80. The van der Waals surface area contributed by atoms with Crippen LogP contribution in [0, 0.1) is 0 Å². The molecule has 0 radical (unpaired) electrons. The molecule has 258 valence electrons. The van der Waals surface area contributed by atoms with E-state index in [1.807, 2.05) is 0 Å². The third-order valence-corrected chi connectivity index (χ3v) is 11.9. The first-order chi connectivity index (χ1) is 22.7. The number of thiazole rings is 1. The van der Waals surface area contributed by atoms with Crippen molar-refractivity contribution in [2.75, 3.05) is 26.2 Å². The largest absolute Gasteiger partial charge is 0.399 e. The van der Waals surface area contributed by atoms with E-state index in [1.54, 1.807) is 21.5 Å². The van der Waals surface area contributed by atoms with Gasteiger partial charge in [-0.15, -0.1) is 22.7 Å². The molecule has 3 aliphatic rings. The fourth-order valence-electron chi connectivity index (χ4n) is 6.54. The summed E-state index contributed by atoms with van der Waals surface area (Å²) in [5.74, 6) is -1.64. The molecule has 5 heterocycles. The van der Waals surface area contributed by atoms with E-state index in [0.29, 0.717) is 56.6 Å². The highest BCUT2D eigenvalue weighted by atomic mass is 32.1. The van der Waals surface area contributed by atoms with Gasteiger partial charge in [-0.1, -0.05) is 6.07 Å². The Labute approximate surface area is 282 Å². The quantitative estimate of drug-likeness (QED) is 0.296. The number of likely N-dealkylation sites (tertiary alicyclic amines) is 1. The Balaban J connectivity index is 1.19. The number of halogens is 2. The molecule has 3 saturated heterocycles. The summed E-state index contributed by atoms with van der Waals surface area (Å²) in [5.41, 5.74) is -3.59. The van der Waals surface area contributed by atoms with E-state index in [1.165, 1.54) is 35.3 Å². The van der Waals surface area contributed by atoms with Crippen molar-refractivity contribution in [3.05, 3.63) is 51.3 Å². The molecule has 48 heavy (non-hydrogen) atoms. The molecule has 18 heteroatoms. The average Bonchev–Trinajstić information content (AvgIpc) is 3.85. The van der Waals surface area contributed by atoms with Crippen LogP contribution < -0.4 is 5.32 Å². The van der Waals surface area contributed by atoms with Gasteiger partial charge in [-0.3, -0.25) is 28.7 Å². The van der Waals surface area contributed by atoms with Gasteiger partial charge in [-0.25, -0.2) is 0 Å². The van der Waals surface area contributed by atoms with Crippen LogP contribution in [0.4, 0.5) is 8.78 Å². The lowest BCUT2D eigenvalue weighted by atomic mass is 10.1. The van der Waals surface area contributed by atoms with Crippen molar-refractivity contribution < 1.29 is 47.0 Å². The topological polar surface area (TPSA) is 170 Å². The molecular formula is C30H34F2N5O8PS2. The summed E-state index contributed by atoms with van der Waals surface area (Å²) < 4.78 is 46.4. The number of carbonyl (C=O) groups is 4. The van der Waals surface area contributed by atoms with Gasteiger partial charge in [-0.05, 0) is 49.3 Å². The SMILES string of the molecule is CC(=O)N1CC[C@H]2CC[C@@H](C(=O)N3CCC(OCc4cncs4)C3)N2C(=O)[C@@H](NC(=O)c2cc3cc(C(F)(F)P(=O)(O)O)ccc3s2)C1. The number of benzene rings is 1. The third-order valence-electron chi connectivity index (χ3n) is 9.08. The van der Waals surface area contributed by atoms with Crippen LogP contribution in [0.2, 0.25) is 0 Å². The molecule has 3 fully saturated rings. The molecule has 6 rings (SSSR count). The fourth-order valence-corrected chi connectivity index (χ4v) is 8.48. The number of nitrogens with zero attached hydrogens (tertiary/aromatic N) is 4. The van der Waals surface area contributed by atoms with Crippen molar-refractivity contribution in [2.24, 2.45) is 0 Å². The maximum absolute atomic E-state index is 14.3. The Bertz CT molecular complexity index is 1770. The lowest BCUT2D eigenvalue weighted by Crippen LogP contribution is -2.61. The molecule has 1 aromatic carbocycles. The Morgan fingerprint density at radius 2 is 1.88 bits per heavy atom. The number of rotatable bonds is 8. The second kappa shape index (κ2) is 13.5. The lowest BCUT2D eigenvalue weighted by molar-refractivity contribution is -0.148. The van der Waals surface area contributed by atoms with Crippen LogP contribution >= 0.6 is 30.3 Å². The summed E-state index contributed by atoms with van der Waals surface area (Å²) in [6, 6.07) is 2.12. The molecule has 0 aliphatic carbocycles. The van der Waals surface area contributed by atoms with Gasteiger partial charge in [0, 0.05) is 55.6 Å². The van der Waals surface area contributed by atoms with Crippen molar-refractivity contribution in [1.82, 2.24) is 25.0 Å². The molecule has 1 unspecified atom stereocenters. The summed E-state index contributed by atoms with van der Waals surface area (Å²) in [5, 5.41) is 2.87. The van der Waals surface area contributed by atoms with E-state index in [0.717, 1.165) is 28.3 Å². The lowest BCUT2D eigenvalue weighted by Gasteiger charge is -2.39. The highest BCUT2D eigenvalue weighted by molar-refractivity contribution is 7.52. The molecule has 3 aromatic rings. The average molecular weight is 726 g/mol. The second-order valence-corrected chi connectivity index (χ2v) is 15.9. The zero-order valence-corrected chi connectivity index (χ0v) is 28.3. The number of amides is 4. The second-order valence-electron chi connectivity index (χ2n) is 12.2. The van der Waals surface area contributed by atoms with Crippen molar-refractivity contribution in [1.29, 1.82) is 0 Å². The molecule has 0 spiro atoms. The number of fused-ring (bicyclic) bond motifs is 2. The van der Waals surface area contributed by atoms with Crippen molar-refractivity contribution in [3.63, 3.8) is 0 Å². The number of aromatic nitrogens is 1. The minimum Gasteiger partial charge on any atom is -0.371 e. The van der Waals surface area contributed by atoms with E-state index in [9.17, 15) is 32.5 Å². The van der Waals surface area contributed by atoms with E-state index >= 15 is 0 Å². The van der Waals surface area contributed by atoms with Gasteiger partial charge in [0.05, 0.1) is 28.0 Å². The van der Waals surface area contributed by atoms with Crippen LogP contribution in [0.25, 0.3) is 10.1 Å². The van der Waals surface area contributed by atoms with E-state index in [2.05, 4.69) is 10.3 Å². The van der Waals surface area contributed by atoms with Crippen LogP contribution in [0.15, 0.2) is 36.0 Å². The van der Waals surface area contributed by atoms with Crippen LogP contribution in [-0.2, 0) is 36.0 Å². The van der Waals surface area contributed by atoms with Crippen LogP contribution in [0.5, 0.6) is 0 Å². The van der Waals surface area contributed by atoms with Crippen molar-refractivity contribution in [2.45, 2.75) is 69.1 Å². The first-order valence-corrected chi connectivity index (χ1v) is 18.7. The fraction of sp³-hybridized carbons (Fsp3) is 0.500. The van der Waals surface area contributed by atoms with E-state index in [4.69, 9.17) is 14.5 Å². The van der Waals surface area contributed by atoms with Gasteiger partial charge in [0.15, 0.2) is 0 Å². The van der Waals surface area contributed by atoms with Gasteiger partial charge in [0.1, 0.15) is 12.1 Å². The number of carbonyl (C=O) groups excluding carboxylic acids is 4. The zero-order chi connectivity index (χ0) is 34.4. The number of thiophene rings is 1. The highest BCUT2D eigenvalue weighted by Crippen LogP contribution is 2.59. The summed E-state index contributed by atoms with van der Waals surface area (Å²) in [7, 11) is -5.80. The maximum Gasteiger partial charge on any atom is 0.399 e. The van der Waals surface area contributed by atoms with E-state index in [-0.39, 0.29) is 40.8 Å². The standard InChI is InChI=1S/C30H34F2N5O8PS2/c1-17(38)35-8-6-20-3-4-24(29(41)36-9-7-21(13-36)45-15-22-12-33-16-47-22)37(20)28(40)23(14-35)34-27(39)26-11-18-10-19(2-5-25(18)48-26)30(31,32)46(42,43)44/h2,5,10-12,16,20-21,23-24H,3-4,6-9,13-15H2,1H3,(H,34,39)(H2,42,43,44)/t20-,21?,23+,24+/m1/s1. The van der Waals surface area contributed by atoms with Gasteiger partial charge in [0.25, 0.3) is 5.91 Å². The Kier molecular flexibility index (Phi) is 9.72. The number of hydrogen-bond acceptors (Lipinski definition) is 9. The Morgan fingerprint density at radius 3 is 2.58 bits per heavy atom. The van der Waals surface area contributed by atoms with Crippen LogP contribution in [0.3, 0.4) is 0 Å². The monoisotopic (exact) mass is 725 g/mol. The smallest absolute Gasteiger partial charge is 0.371 e. The van der Waals surface area contributed by atoms with Gasteiger partial charge < -0.3 is 34.5 Å². The highest BCUT2D eigenvalue weighted by Gasteiger charge is 2.50. The van der Waals surface area contributed by atoms with E-state index < -0.39 is 42.7 Å². The molecule has 13 nitrogen and oxygen atoms in total. The third kappa shape index (κ3) is 6.89. The predicted molar refractivity (Wildman–Crippen MR) is 171 cm³/mol.